The van der Waals surface area contributed by atoms with Crippen LogP contribution >= 0.6 is 0 Å². The quantitative estimate of drug-likeness (QED) is 0.887. The first kappa shape index (κ1) is 13.4. The Morgan fingerprint density at radius 2 is 2.00 bits per heavy atom. The van der Waals surface area contributed by atoms with Gasteiger partial charge in [0.15, 0.2) is 0 Å². The fourth-order valence-corrected chi connectivity index (χ4v) is 1.65. The van der Waals surface area contributed by atoms with E-state index >= 15 is 0 Å². The fraction of sp³-hybridized carbons (Fsp3) is 0.429. The number of aromatic nitrogens is 2. The van der Waals surface area contributed by atoms with E-state index in [1.807, 2.05) is 19.1 Å². The molecule has 2 aromatic heterocycles. The minimum atomic E-state index is -0.132. The predicted octanol–water partition coefficient (Wildman–Crippen LogP) is 2.87. The first-order valence-corrected chi connectivity index (χ1v) is 6.29. The molecule has 2 heterocycles. The molecule has 0 spiro atoms. The van der Waals surface area contributed by atoms with Crippen LogP contribution in [0.2, 0.25) is 0 Å². The molecule has 0 aliphatic heterocycles. The summed E-state index contributed by atoms with van der Waals surface area (Å²) in [6.45, 7) is 8.67. The number of nitrogens with one attached hydrogen (secondary N) is 1. The van der Waals surface area contributed by atoms with E-state index in [1.165, 1.54) is 0 Å². The van der Waals surface area contributed by atoms with Crippen molar-refractivity contribution in [3.05, 3.63) is 35.5 Å². The Bertz CT molecular complexity index is 569. The van der Waals surface area contributed by atoms with Crippen molar-refractivity contribution in [1.82, 2.24) is 9.97 Å². The van der Waals surface area contributed by atoms with Gasteiger partial charge in [0.1, 0.15) is 29.0 Å². The summed E-state index contributed by atoms with van der Waals surface area (Å²) in [5, 5.41) is 3.20. The lowest BCUT2D eigenvalue weighted by Crippen LogP contribution is -2.18. The maximum Gasteiger partial charge on any atom is 0.138 e. The highest BCUT2D eigenvalue weighted by atomic mass is 16.3. The zero-order valence-corrected chi connectivity index (χ0v) is 11.8. The topological polar surface area (TPSA) is 77.0 Å². The second kappa shape index (κ2) is 4.91. The van der Waals surface area contributed by atoms with Gasteiger partial charge >= 0.3 is 0 Å². The second-order valence-electron chi connectivity index (χ2n) is 5.62. The Morgan fingerprint density at radius 1 is 1.26 bits per heavy atom. The highest BCUT2D eigenvalue weighted by Gasteiger charge is 2.18. The lowest BCUT2D eigenvalue weighted by molar-refractivity contribution is 0.490. The molecule has 0 radical (unpaired) electrons. The number of aryl methyl sites for hydroxylation is 1. The van der Waals surface area contributed by atoms with Crippen LogP contribution in [0.15, 0.2) is 22.6 Å². The summed E-state index contributed by atoms with van der Waals surface area (Å²) in [5.41, 5.74) is 5.68. The van der Waals surface area contributed by atoms with Gasteiger partial charge in [0.25, 0.3) is 0 Å². The van der Waals surface area contributed by atoms with Crippen molar-refractivity contribution in [2.24, 2.45) is 0 Å². The monoisotopic (exact) mass is 260 g/mol. The molecule has 0 aliphatic rings. The van der Waals surface area contributed by atoms with Crippen LogP contribution in [0, 0.1) is 6.92 Å². The number of nitrogen functional groups attached to an aromatic ring is 1. The summed E-state index contributed by atoms with van der Waals surface area (Å²) in [7, 11) is 0. The molecule has 0 aromatic carbocycles. The Kier molecular flexibility index (Phi) is 3.46. The minimum Gasteiger partial charge on any atom is -0.465 e. The molecule has 2 rings (SSSR count). The van der Waals surface area contributed by atoms with Gasteiger partial charge in [-0.05, 0) is 19.1 Å². The Hall–Kier alpha value is -2.04. The third-order valence-electron chi connectivity index (χ3n) is 2.66. The van der Waals surface area contributed by atoms with Crippen molar-refractivity contribution in [2.75, 3.05) is 11.1 Å². The molecular weight excluding hydrogens is 240 g/mol. The SMILES string of the molecule is Cc1ccc(CNc2cc(N)nc(C(C)(C)C)n2)o1. The Labute approximate surface area is 113 Å². The largest absolute Gasteiger partial charge is 0.465 e. The van der Waals surface area contributed by atoms with Gasteiger partial charge in [-0.15, -0.1) is 0 Å². The molecule has 102 valence electrons. The van der Waals surface area contributed by atoms with E-state index in [1.54, 1.807) is 6.07 Å². The van der Waals surface area contributed by atoms with Crippen LogP contribution in [-0.2, 0) is 12.0 Å². The van der Waals surface area contributed by atoms with Gasteiger partial charge in [-0.3, -0.25) is 0 Å². The van der Waals surface area contributed by atoms with Gasteiger partial charge in [0.05, 0.1) is 6.54 Å². The molecule has 0 saturated carbocycles. The molecule has 0 aliphatic carbocycles. The van der Waals surface area contributed by atoms with Gasteiger partial charge in [-0.1, -0.05) is 20.8 Å². The average Bonchev–Trinajstić information content (AvgIpc) is 2.71. The Morgan fingerprint density at radius 3 is 2.58 bits per heavy atom. The van der Waals surface area contributed by atoms with Crippen LogP contribution < -0.4 is 11.1 Å². The first-order valence-electron chi connectivity index (χ1n) is 6.29. The second-order valence-corrected chi connectivity index (χ2v) is 5.62. The summed E-state index contributed by atoms with van der Waals surface area (Å²) in [6.07, 6.45) is 0. The summed E-state index contributed by atoms with van der Waals surface area (Å²) in [5.74, 6) is 3.68. The van der Waals surface area contributed by atoms with Crippen LogP contribution in [0.1, 0.15) is 38.1 Å². The highest BCUT2D eigenvalue weighted by molar-refractivity contribution is 5.45. The van der Waals surface area contributed by atoms with Crippen molar-refractivity contribution in [3.8, 4) is 0 Å². The van der Waals surface area contributed by atoms with Crippen molar-refractivity contribution >= 4 is 11.6 Å². The Balaban J connectivity index is 2.14. The van der Waals surface area contributed by atoms with E-state index in [4.69, 9.17) is 10.2 Å². The molecule has 0 bridgehead atoms. The van der Waals surface area contributed by atoms with Gasteiger partial charge in [-0.25, -0.2) is 9.97 Å². The van der Waals surface area contributed by atoms with Crippen molar-refractivity contribution < 1.29 is 4.42 Å². The van der Waals surface area contributed by atoms with E-state index in [9.17, 15) is 0 Å². The van der Waals surface area contributed by atoms with Gasteiger partial charge in [0, 0.05) is 11.5 Å². The number of rotatable bonds is 3. The molecule has 0 unspecified atom stereocenters. The maximum absolute atomic E-state index is 5.81. The average molecular weight is 260 g/mol. The third kappa shape index (κ3) is 3.47. The molecule has 0 saturated heterocycles. The van der Waals surface area contributed by atoms with Gasteiger partial charge in [-0.2, -0.15) is 0 Å². The molecule has 0 atom stereocenters. The zero-order chi connectivity index (χ0) is 14.0. The summed E-state index contributed by atoms with van der Waals surface area (Å²) < 4.78 is 5.50. The summed E-state index contributed by atoms with van der Waals surface area (Å²) in [4.78, 5) is 8.75. The summed E-state index contributed by atoms with van der Waals surface area (Å²) >= 11 is 0. The molecule has 0 fully saturated rings. The van der Waals surface area contributed by atoms with E-state index < -0.39 is 0 Å². The number of hydrogen-bond acceptors (Lipinski definition) is 5. The molecular formula is C14H20N4O. The number of nitrogens with two attached hydrogens (primary N) is 1. The van der Waals surface area contributed by atoms with E-state index in [2.05, 4.69) is 36.1 Å². The van der Waals surface area contributed by atoms with Gasteiger partial charge < -0.3 is 15.5 Å². The number of furan rings is 1. The van der Waals surface area contributed by atoms with Crippen molar-refractivity contribution in [1.29, 1.82) is 0 Å². The van der Waals surface area contributed by atoms with Crippen LogP contribution in [0.5, 0.6) is 0 Å². The number of hydrogen-bond donors (Lipinski definition) is 2. The van der Waals surface area contributed by atoms with Crippen LogP contribution in [0.3, 0.4) is 0 Å². The smallest absolute Gasteiger partial charge is 0.138 e. The van der Waals surface area contributed by atoms with E-state index in [0.29, 0.717) is 18.2 Å². The molecule has 0 amide bonds. The predicted molar refractivity (Wildman–Crippen MR) is 75.9 cm³/mol. The van der Waals surface area contributed by atoms with Crippen LogP contribution in [-0.4, -0.2) is 9.97 Å². The first-order chi connectivity index (χ1) is 8.84. The van der Waals surface area contributed by atoms with Crippen LogP contribution in [0.4, 0.5) is 11.6 Å². The lowest BCUT2D eigenvalue weighted by Gasteiger charge is -2.17. The van der Waals surface area contributed by atoms with Gasteiger partial charge in [0.2, 0.25) is 0 Å². The standard InChI is InChI=1S/C14H20N4O/c1-9-5-6-10(19-9)8-16-12-7-11(15)17-13(18-12)14(2,3)4/h5-7H,8H2,1-4H3,(H3,15,16,17,18). The maximum atomic E-state index is 5.81. The molecule has 3 N–H and O–H groups in total. The van der Waals surface area contributed by atoms with Crippen LogP contribution in [0.25, 0.3) is 0 Å². The lowest BCUT2D eigenvalue weighted by atomic mass is 9.96. The fourth-order valence-electron chi connectivity index (χ4n) is 1.65. The number of nitrogens with zero attached hydrogens (tertiary/aromatic N) is 2. The van der Waals surface area contributed by atoms with Crippen molar-refractivity contribution in [2.45, 2.75) is 39.7 Å². The molecule has 2 aromatic rings. The highest BCUT2D eigenvalue weighted by Crippen LogP contribution is 2.21. The third-order valence-corrected chi connectivity index (χ3v) is 2.66. The molecule has 19 heavy (non-hydrogen) atoms. The molecule has 5 nitrogen and oxygen atoms in total. The van der Waals surface area contributed by atoms with Crippen molar-refractivity contribution in [3.63, 3.8) is 0 Å². The minimum absolute atomic E-state index is 0.132. The molecule has 5 heteroatoms. The van der Waals surface area contributed by atoms with E-state index in [-0.39, 0.29) is 5.41 Å². The van der Waals surface area contributed by atoms with E-state index in [0.717, 1.165) is 17.3 Å². The summed E-state index contributed by atoms with van der Waals surface area (Å²) in [6, 6.07) is 5.61. The zero-order valence-electron chi connectivity index (χ0n) is 11.8. The number of anilines is 2. The normalized spacial score (nSPS) is 11.6.